The van der Waals surface area contributed by atoms with Crippen molar-refractivity contribution in [3.8, 4) is 0 Å². The Balaban J connectivity index is 0.000000315. The lowest BCUT2D eigenvalue weighted by atomic mass is 10.2. The Bertz CT molecular complexity index is 214. The van der Waals surface area contributed by atoms with Gasteiger partial charge in [-0.1, -0.05) is 36.4 Å². The lowest BCUT2D eigenvalue weighted by Crippen LogP contribution is -2.27. The monoisotopic (exact) mass is 224 g/mol. The van der Waals surface area contributed by atoms with E-state index in [-0.39, 0.29) is 11.2 Å². The molecule has 0 amide bonds. The van der Waals surface area contributed by atoms with Gasteiger partial charge in [-0.2, -0.15) is 0 Å². The highest BCUT2D eigenvalue weighted by Gasteiger charge is 2.18. The first-order valence-electron chi connectivity index (χ1n) is 5.57. The lowest BCUT2D eigenvalue weighted by Gasteiger charge is -2.24. The van der Waals surface area contributed by atoms with Gasteiger partial charge in [0.05, 0.1) is 11.2 Å². The van der Waals surface area contributed by atoms with Crippen molar-refractivity contribution in [3.05, 3.63) is 36.4 Å². The van der Waals surface area contributed by atoms with Crippen LogP contribution >= 0.6 is 0 Å². The summed E-state index contributed by atoms with van der Waals surface area (Å²) in [6, 6.07) is 12.0. The summed E-state index contributed by atoms with van der Waals surface area (Å²) < 4.78 is 0. The van der Waals surface area contributed by atoms with Crippen molar-refractivity contribution in [2.24, 2.45) is 0 Å². The van der Waals surface area contributed by atoms with Gasteiger partial charge in [-0.15, -0.1) is 0 Å². The molecule has 16 heavy (non-hydrogen) atoms. The quantitative estimate of drug-likeness (QED) is 0.525. The number of benzene rings is 1. The van der Waals surface area contributed by atoms with Crippen LogP contribution in [-0.2, 0) is 9.78 Å². The SMILES string of the molecule is CC(C)(C)OOC(C)(C)C.c1ccccc1. The Hall–Kier alpha value is -0.860. The third-order valence-corrected chi connectivity index (χ3v) is 1.21. The van der Waals surface area contributed by atoms with Gasteiger partial charge in [-0.3, -0.25) is 0 Å². The molecule has 1 rings (SSSR count). The summed E-state index contributed by atoms with van der Waals surface area (Å²) in [4.78, 5) is 10.2. The fraction of sp³-hybridized carbons (Fsp3) is 0.571. The Morgan fingerprint density at radius 3 is 0.812 bits per heavy atom. The van der Waals surface area contributed by atoms with Gasteiger partial charge in [0.25, 0.3) is 0 Å². The highest BCUT2D eigenvalue weighted by atomic mass is 17.2. The van der Waals surface area contributed by atoms with Crippen molar-refractivity contribution >= 4 is 0 Å². The topological polar surface area (TPSA) is 18.5 Å². The fourth-order valence-electron chi connectivity index (χ4n) is 0.635. The van der Waals surface area contributed by atoms with Crippen molar-refractivity contribution in [1.29, 1.82) is 0 Å². The largest absolute Gasteiger partial charge is 0.230 e. The average molecular weight is 224 g/mol. The summed E-state index contributed by atoms with van der Waals surface area (Å²) in [6.45, 7) is 11.7. The molecule has 0 saturated carbocycles. The van der Waals surface area contributed by atoms with E-state index in [1.54, 1.807) is 0 Å². The molecule has 0 heterocycles. The normalized spacial score (nSPS) is 11.6. The van der Waals surface area contributed by atoms with E-state index < -0.39 is 0 Å². The average Bonchev–Trinajstić information content (AvgIpc) is 2.17. The van der Waals surface area contributed by atoms with Gasteiger partial charge in [0, 0.05) is 0 Å². The molecule has 0 bridgehead atoms. The minimum Gasteiger partial charge on any atom is -0.230 e. The van der Waals surface area contributed by atoms with Crippen LogP contribution in [0.3, 0.4) is 0 Å². The second kappa shape index (κ2) is 6.66. The van der Waals surface area contributed by atoms with E-state index in [0.717, 1.165) is 0 Å². The van der Waals surface area contributed by atoms with Gasteiger partial charge in [0.1, 0.15) is 0 Å². The third kappa shape index (κ3) is 13.1. The molecule has 0 aliphatic heterocycles. The first kappa shape index (κ1) is 15.1. The number of hydrogen-bond donors (Lipinski definition) is 0. The van der Waals surface area contributed by atoms with Crippen LogP contribution in [0.2, 0.25) is 0 Å². The van der Waals surface area contributed by atoms with Crippen molar-refractivity contribution in [2.45, 2.75) is 52.7 Å². The van der Waals surface area contributed by atoms with E-state index in [1.165, 1.54) is 0 Å². The van der Waals surface area contributed by atoms with Crippen LogP contribution in [0.4, 0.5) is 0 Å². The number of rotatable bonds is 1. The first-order chi connectivity index (χ1) is 7.21. The zero-order valence-corrected chi connectivity index (χ0v) is 11.3. The van der Waals surface area contributed by atoms with Gasteiger partial charge < -0.3 is 0 Å². The molecule has 0 spiro atoms. The molecular formula is C14H24O2. The van der Waals surface area contributed by atoms with Crippen LogP contribution in [0.15, 0.2) is 36.4 Å². The second-order valence-corrected chi connectivity index (χ2v) is 5.55. The highest BCUT2D eigenvalue weighted by molar-refractivity contribution is 4.99. The van der Waals surface area contributed by atoms with E-state index in [9.17, 15) is 0 Å². The van der Waals surface area contributed by atoms with E-state index in [2.05, 4.69) is 0 Å². The molecule has 0 saturated heterocycles. The molecular weight excluding hydrogens is 200 g/mol. The van der Waals surface area contributed by atoms with E-state index in [0.29, 0.717) is 0 Å². The van der Waals surface area contributed by atoms with Crippen molar-refractivity contribution in [2.75, 3.05) is 0 Å². The standard InChI is InChI=1S/C8H18O2.C6H6/c1-7(2,3)9-10-8(4,5)6;1-2-4-6-5-3-1/h1-6H3;1-6H. The molecule has 2 heteroatoms. The predicted octanol–water partition coefficient (Wildman–Crippen LogP) is 4.22. The van der Waals surface area contributed by atoms with Gasteiger partial charge in [-0.05, 0) is 41.5 Å². The van der Waals surface area contributed by atoms with Crippen LogP contribution in [0.1, 0.15) is 41.5 Å². The van der Waals surface area contributed by atoms with Crippen LogP contribution < -0.4 is 0 Å². The summed E-state index contributed by atoms with van der Waals surface area (Å²) in [5.74, 6) is 0. The minimum atomic E-state index is -0.215. The first-order valence-corrected chi connectivity index (χ1v) is 5.57. The summed E-state index contributed by atoms with van der Waals surface area (Å²) in [5.41, 5.74) is -0.430. The molecule has 0 unspecified atom stereocenters. The van der Waals surface area contributed by atoms with Crippen LogP contribution in [0.25, 0.3) is 0 Å². The summed E-state index contributed by atoms with van der Waals surface area (Å²) in [7, 11) is 0. The maximum atomic E-state index is 5.09. The van der Waals surface area contributed by atoms with Crippen LogP contribution in [0, 0.1) is 0 Å². The molecule has 0 aromatic heterocycles. The Morgan fingerprint density at radius 1 is 0.500 bits per heavy atom. The molecule has 1 aromatic carbocycles. The Kier molecular flexibility index (Phi) is 6.31. The molecule has 0 radical (unpaired) electrons. The summed E-state index contributed by atoms with van der Waals surface area (Å²) in [6.07, 6.45) is 0. The van der Waals surface area contributed by atoms with Gasteiger partial charge >= 0.3 is 0 Å². The second-order valence-electron chi connectivity index (χ2n) is 5.55. The summed E-state index contributed by atoms with van der Waals surface area (Å²) in [5, 5.41) is 0. The minimum absolute atomic E-state index is 0.215. The molecule has 92 valence electrons. The van der Waals surface area contributed by atoms with Gasteiger partial charge in [0.15, 0.2) is 0 Å². The zero-order valence-electron chi connectivity index (χ0n) is 11.3. The van der Waals surface area contributed by atoms with E-state index in [4.69, 9.17) is 9.78 Å². The Labute approximate surface area is 99.5 Å². The molecule has 0 fully saturated rings. The maximum Gasteiger partial charge on any atom is 0.0952 e. The van der Waals surface area contributed by atoms with Crippen molar-refractivity contribution in [1.82, 2.24) is 0 Å². The lowest BCUT2D eigenvalue weighted by molar-refractivity contribution is -0.393. The third-order valence-electron chi connectivity index (χ3n) is 1.21. The number of hydrogen-bond acceptors (Lipinski definition) is 2. The van der Waals surface area contributed by atoms with Crippen molar-refractivity contribution < 1.29 is 9.78 Å². The van der Waals surface area contributed by atoms with Gasteiger partial charge in [-0.25, -0.2) is 9.78 Å². The molecule has 0 atom stereocenters. The van der Waals surface area contributed by atoms with E-state index >= 15 is 0 Å². The molecule has 0 aliphatic carbocycles. The molecule has 0 aliphatic rings. The molecule has 0 N–H and O–H groups in total. The zero-order chi connectivity index (χ0) is 12.7. The van der Waals surface area contributed by atoms with E-state index in [1.807, 2.05) is 77.9 Å². The van der Waals surface area contributed by atoms with Crippen LogP contribution in [-0.4, -0.2) is 11.2 Å². The highest BCUT2D eigenvalue weighted by Crippen LogP contribution is 2.14. The van der Waals surface area contributed by atoms with Crippen molar-refractivity contribution in [3.63, 3.8) is 0 Å². The molecule has 2 nitrogen and oxygen atoms in total. The summed E-state index contributed by atoms with van der Waals surface area (Å²) >= 11 is 0. The van der Waals surface area contributed by atoms with Crippen LogP contribution in [0.5, 0.6) is 0 Å². The predicted molar refractivity (Wildman–Crippen MR) is 68.1 cm³/mol. The Morgan fingerprint density at radius 2 is 0.688 bits per heavy atom. The van der Waals surface area contributed by atoms with Gasteiger partial charge in [0.2, 0.25) is 0 Å². The maximum absolute atomic E-state index is 5.09. The molecule has 1 aromatic rings. The smallest absolute Gasteiger partial charge is 0.0952 e. The fourth-order valence-corrected chi connectivity index (χ4v) is 0.635.